The Bertz CT molecular complexity index is 1220. The Morgan fingerprint density at radius 2 is 0.978 bits per heavy atom. The molecule has 6 saturated heterocycles. The van der Waals surface area contributed by atoms with E-state index in [1.54, 1.807) is 0 Å². The first-order chi connectivity index (χ1) is 21.0. The molecule has 4 bridgehead atoms. The largest absolute Gasteiger partial charge is 0.462 e. The van der Waals surface area contributed by atoms with Crippen LogP contribution in [-0.4, -0.2) is 110 Å². The standard InChI is InChI=1S/C34H40N2O7.2BrH/c1-35-25-13-21(14-26(35)30-29(25)42-30)40-33(37)23(19-9-5-3-6-10-19)17-39-18-24(20-11-7-4-8-12-20)34(38)41-22-15-27-31-32(43-31)28(16-22)36(27)2;;/h3-12,21-32H,13-18H2,1-2H3;2*1H/t21?,22?,23-,24-,25-,26+,27-,28+,29-,30+,31-,32+;;/m1../s1. The Labute approximate surface area is 285 Å². The quantitative estimate of drug-likeness (QED) is 0.264. The molecular weight excluding hydrogens is 708 g/mol. The molecule has 0 N–H and O–H groups in total. The van der Waals surface area contributed by atoms with Crippen LogP contribution in [0.5, 0.6) is 0 Å². The van der Waals surface area contributed by atoms with Crippen LogP contribution in [0.25, 0.3) is 0 Å². The molecule has 8 rings (SSSR count). The molecule has 12 atom stereocenters. The third-order valence-electron chi connectivity index (χ3n) is 10.9. The van der Waals surface area contributed by atoms with E-state index in [1.807, 2.05) is 60.7 Å². The van der Waals surface area contributed by atoms with Crippen molar-refractivity contribution in [3.05, 3.63) is 71.8 Å². The number of epoxide rings is 2. The Kier molecular flexibility index (Phi) is 9.79. The summed E-state index contributed by atoms with van der Waals surface area (Å²) in [6.07, 6.45) is 4.02. The smallest absolute Gasteiger partial charge is 0.316 e. The second-order valence-corrected chi connectivity index (χ2v) is 13.3. The maximum absolute atomic E-state index is 13.6. The number of carbonyl (C=O) groups excluding carboxylic acids is 2. The summed E-state index contributed by atoms with van der Waals surface area (Å²) in [6, 6.07) is 20.5. The highest BCUT2D eigenvalue weighted by molar-refractivity contribution is 8.93. The van der Waals surface area contributed by atoms with Gasteiger partial charge in [-0.3, -0.25) is 19.4 Å². The molecule has 45 heavy (non-hydrogen) atoms. The first kappa shape index (κ1) is 33.1. The van der Waals surface area contributed by atoms with E-state index in [-0.39, 0.29) is 95.7 Å². The molecule has 11 heteroatoms. The number of fused-ring (bicyclic) bond motifs is 10. The number of esters is 2. The Balaban J connectivity index is 0.00000179. The maximum Gasteiger partial charge on any atom is 0.316 e. The van der Waals surface area contributed by atoms with Gasteiger partial charge in [0.2, 0.25) is 0 Å². The van der Waals surface area contributed by atoms with E-state index in [1.165, 1.54) is 0 Å². The predicted molar refractivity (Wildman–Crippen MR) is 176 cm³/mol. The normalized spacial score (nSPS) is 36.8. The summed E-state index contributed by atoms with van der Waals surface area (Å²) in [5.74, 6) is -1.74. The van der Waals surface area contributed by atoms with Crippen molar-refractivity contribution in [3.8, 4) is 0 Å². The van der Waals surface area contributed by atoms with Crippen LogP contribution in [0.15, 0.2) is 60.7 Å². The number of morpholine rings is 2. The topological polar surface area (TPSA) is 93.4 Å². The lowest BCUT2D eigenvalue weighted by molar-refractivity contribution is -0.158. The lowest BCUT2D eigenvalue weighted by Crippen LogP contribution is -2.48. The van der Waals surface area contributed by atoms with Crippen molar-refractivity contribution in [3.63, 3.8) is 0 Å². The molecule has 6 aliphatic rings. The van der Waals surface area contributed by atoms with E-state index in [0.717, 1.165) is 36.8 Å². The van der Waals surface area contributed by atoms with Crippen molar-refractivity contribution in [1.29, 1.82) is 0 Å². The van der Waals surface area contributed by atoms with E-state index in [0.29, 0.717) is 24.2 Å². The lowest BCUT2D eigenvalue weighted by atomic mass is 9.97. The summed E-state index contributed by atoms with van der Waals surface area (Å²) in [4.78, 5) is 32.0. The van der Waals surface area contributed by atoms with Gasteiger partial charge in [0.15, 0.2) is 0 Å². The highest BCUT2D eigenvalue weighted by atomic mass is 79.9. The fourth-order valence-electron chi connectivity index (χ4n) is 8.36. The summed E-state index contributed by atoms with van der Waals surface area (Å²) >= 11 is 0. The van der Waals surface area contributed by atoms with Crippen LogP contribution < -0.4 is 0 Å². The van der Waals surface area contributed by atoms with Crippen molar-refractivity contribution >= 4 is 45.9 Å². The number of benzene rings is 2. The number of ether oxygens (including phenoxy) is 5. The summed E-state index contributed by atoms with van der Waals surface area (Å²) in [5, 5.41) is 0. The van der Waals surface area contributed by atoms with Gasteiger partial charge < -0.3 is 23.7 Å². The van der Waals surface area contributed by atoms with Gasteiger partial charge in [-0.1, -0.05) is 60.7 Å². The molecule has 2 aromatic rings. The van der Waals surface area contributed by atoms with Gasteiger partial charge in [-0.2, -0.15) is 0 Å². The molecule has 6 heterocycles. The average molecular weight is 751 g/mol. The van der Waals surface area contributed by atoms with Crippen LogP contribution in [0.3, 0.4) is 0 Å². The second-order valence-electron chi connectivity index (χ2n) is 13.3. The predicted octanol–water partition coefficient (Wildman–Crippen LogP) is 4.04. The van der Waals surface area contributed by atoms with E-state index in [2.05, 4.69) is 23.9 Å². The zero-order valence-corrected chi connectivity index (χ0v) is 28.9. The van der Waals surface area contributed by atoms with Crippen molar-refractivity contribution in [2.75, 3.05) is 27.3 Å². The number of carbonyl (C=O) groups is 2. The minimum absolute atomic E-state index is 0. The number of halogens is 2. The molecule has 2 aromatic carbocycles. The summed E-state index contributed by atoms with van der Waals surface area (Å²) in [5.41, 5.74) is 1.69. The summed E-state index contributed by atoms with van der Waals surface area (Å²) < 4.78 is 30.1. The Hall–Kier alpha value is -1.86. The third kappa shape index (κ3) is 6.26. The maximum atomic E-state index is 13.6. The van der Waals surface area contributed by atoms with Crippen LogP contribution >= 0.6 is 34.0 Å². The molecule has 0 spiro atoms. The first-order valence-electron chi connectivity index (χ1n) is 15.8. The van der Waals surface area contributed by atoms with Crippen LogP contribution in [0.4, 0.5) is 0 Å². The third-order valence-corrected chi connectivity index (χ3v) is 10.9. The molecule has 6 aliphatic heterocycles. The molecular formula is C34H42Br2N2O7. The van der Waals surface area contributed by atoms with Crippen molar-refractivity contribution in [2.24, 2.45) is 0 Å². The zero-order valence-electron chi connectivity index (χ0n) is 25.5. The van der Waals surface area contributed by atoms with Gasteiger partial charge in [-0.15, -0.1) is 34.0 Å². The van der Waals surface area contributed by atoms with Gasteiger partial charge in [0, 0.05) is 49.9 Å². The van der Waals surface area contributed by atoms with E-state index in [9.17, 15) is 9.59 Å². The number of piperidine rings is 2. The van der Waals surface area contributed by atoms with Gasteiger partial charge in [-0.05, 0) is 25.2 Å². The van der Waals surface area contributed by atoms with Gasteiger partial charge in [0.1, 0.15) is 48.5 Å². The van der Waals surface area contributed by atoms with Crippen LogP contribution in [0.1, 0.15) is 48.6 Å². The molecule has 0 amide bonds. The number of likely N-dealkylation sites (N-methyl/N-ethyl adjacent to an activating group) is 2. The highest BCUT2D eigenvalue weighted by Crippen LogP contribution is 2.49. The van der Waals surface area contributed by atoms with Gasteiger partial charge in [-0.25, -0.2) is 0 Å². The molecule has 0 saturated carbocycles. The van der Waals surface area contributed by atoms with Gasteiger partial charge in [0.05, 0.1) is 13.2 Å². The molecule has 244 valence electrons. The fourth-order valence-corrected chi connectivity index (χ4v) is 8.36. The van der Waals surface area contributed by atoms with Crippen molar-refractivity contribution in [1.82, 2.24) is 9.80 Å². The number of rotatable bonds is 10. The van der Waals surface area contributed by atoms with E-state index < -0.39 is 11.8 Å². The fraction of sp³-hybridized carbons (Fsp3) is 0.588. The summed E-state index contributed by atoms with van der Waals surface area (Å²) in [6.45, 7) is 0.235. The van der Waals surface area contributed by atoms with Crippen LogP contribution in [0.2, 0.25) is 0 Å². The Morgan fingerprint density at radius 1 is 0.644 bits per heavy atom. The number of nitrogens with zero attached hydrogens (tertiary/aromatic N) is 2. The molecule has 0 radical (unpaired) electrons. The van der Waals surface area contributed by atoms with Crippen LogP contribution in [0, 0.1) is 0 Å². The van der Waals surface area contributed by atoms with Crippen molar-refractivity contribution < 1.29 is 33.3 Å². The van der Waals surface area contributed by atoms with Crippen molar-refractivity contribution in [2.45, 2.75) is 98.3 Å². The molecule has 9 nitrogen and oxygen atoms in total. The SMILES string of the molecule is Br.Br.CN1[C@@H]2CC(OC(=O)[C@H](COC[C@@H](C(=O)OC3C[C@@H]4[C@H]5O[C@H]5[C@H](C3)N4C)c3ccccc3)c3ccccc3)C[C@H]1[C@@H]1O[C@@H]12. The minimum atomic E-state index is -0.590. The van der Waals surface area contributed by atoms with Crippen LogP contribution in [-0.2, 0) is 33.3 Å². The average Bonchev–Trinajstić information content (AvgIpc) is 3.92. The second kappa shape index (κ2) is 13.3. The van der Waals surface area contributed by atoms with Gasteiger partial charge >= 0.3 is 11.9 Å². The molecule has 2 unspecified atom stereocenters. The molecule has 0 aliphatic carbocycles. The highest BCUT2D eigenvalue weighted by Gasteiger charge is 2.64. The number of hydrogen-bond acceptors (Lipinski definition) is 9. The van der Waals surface area contributed by atoms with Gasteiger partial charge in [0.25, 0.3) is 0 Å². The van der Waals surface area contributed by atoms with E-state index in [4.69, 9.17) is 23.7 Å². The molecule has 0 aromatic heterocycles. The lowest BCUT2D eigenvalue weighted by Gasteiger charge is -2.38. The number of hydrogen-bond donors (Lipinski definition) is 0. The summed E-state index contributed by atoms with van der Waals surface area (Å²) in [7, 11) is 4.29. The first-order valence-corrected chi connectivity index (χ1v) is 15.8. The minimum Gasteiger partial charge on any atom is -0.462 e. The van der Waals surface area contributed by atoms with E-state index >= 15 is 0 Å². The zero-order chi connectivity index (χ0) is 29.2. The Morgan fingerprint density at radius 3 is 1.31 bits per heavy atom. The molecule has 6 fully saturated rings. The monoisotopic (exact) mass is 748 g/mol.